The standard InChI is InChI=1S/C18H29N3O.HI/c1-4-19-18(20-11-15-5-6-15)21-12-16-7-9-17(10-8-16)22-13-14(2)3;/h7-10,14-15H,4-6,11-13H2,1-3H3,(H2,19,20,21);1H. The Morgan fingerprint density at radius 2 is 1.91 bits per heavy atom. The molecular formula is C18H30IN3O. The van der Waals surface area contributed by atoms with Crippen molar-refractivity contribution in [3.63, 3.8) is 0 Å². The molecule has 0 unspecified atom stereocenters. The molecule has 1 aromatic carbocycles. The van der Waals surface area contributed by atoms with E-state index in [2.05, 4.69) is 48.5 Å². The van der Waals surface area contributed by atoms with Gasteiger partial charge in [-0.25, -0.2) is 4.99 Å². The van der Waals surface area contributed by atoms with Gasteiger partial charge in [-0.2, -0.15) is 0 Å². The second kappa shape index (κ2) is 10.7. The van der Waals surface area contributed by atoms with Crippen molar-refractivity contribution in [3.8, 4) is 5.75 Å². The van der Waals surface area contributed by atoms with Crippen LogP contribution in [0, 0.1) is 11.8 Å². The van der Waals surface area contributed by atoms with E-state index in [1.165, 1.54) is 18.4 Å². The Hall–Kier alpha value is -0.980. The fraction of sp³-hybridized carbons (Fsp3) is 0.611. The van der Waals surface area contributed by atoms with Gasteiger partial charge >= 0.3 is 0 Å². The largest absolute Gasteiger partial charge is 0.493 e. The zero-order chi connectivity index (χ0) is 15.8. The van der Waals surface area contributed by atoms with Crippen molar-refractivity contribution in [2.24, 2.45) is 16.8 Å². The van der Waals surface area contributed by atoms with Crippen LogP contribution < -0.4 is 15.4 Å². The lowest BCUT2D eigenvalue weighted by Gasteiger charge is -2.11. The Morgan fingerprint density at radius 3 is 2.48 bits per heavy atom. The minimum Gasteiger partial charge on any atom is -0.493 e. The average molecular weight is 431 g/mol. The Labute approximate surface area is 157 Å². The number of ether oxygens (including phenoxy) is 1. The van der Waals surface area contributed by atoms with E-state index in [1.807, 2.05) is 12.1 Å². The second-order valence-electron chi connectivity index (χ2n) is 6.37. The second-order valence-corrected chi connectivity index (χ2v) is 6.37. The van der Waals surface area contributed by atoms with Crippen LogP contribution in [0.1, 0.15) is 39.2 Å². The van der Waals surface area contributed by atoms with E-state index in [1.54, 1.807) is 0 Å². The van der Waals surface area contributed by atoms with Crippen LogP contribution in [0.3, 0.4) is 0 Å². The summed E-state index contributed by atoms with van der Waals surface area (Å²) in [5, 5.41) is 6.71. The lowest BCUT2D eigenvalue weighted by atomic mass is 10.2. The maximum absolute atomic E-state index is 5.70. The van der Waals surface area contributed by atoms with Gasteiger partial charge in [0.2, 0.25) is 0 Å². The molecule has 1 fully saturated rings. The molecule has 0 radical (unpaired) electrons. The minimum atomic E-state index is 0. The van der Waals surface area contributed by atoms with Crippen LogP contribution in [0.15, 0.2) is 29.3 Å². The van der Waals surface area contributed by atoms with E-state index in [0.29, 0.717) is 12.5 Å². The third kappa shape index (κ3) is 8.44. The van der Waals surface area contributed by atoms with Gasteiger partial charge in [0, 0.05) is 13.1 Å². The molecule has 0 bridgehead atoms. The molecule has 2 N–H and O–H groups in total. The molecule has 0 aliphatic heterocycles. The lowest BCUT2D eigenvalue weighted by molar-refractivity contribution is 0.271. The normalized spacial score (nSPS) is 14.3. The van der Waals surface area contributed by atoms with E-state index in [4.69, 9.17) is 4.74 Å². The molecule has 5 heteroatoms. The molecule has 0 atom stereocenters. The van der Waals surface area contributed by atoms with Gasteiger partial charge < -0.3 is 15.4 Å². The predicted octanol–water partition coefficient (Wildman–Crippen LogP) is 3.80. The third-order valence-corrected chi connectivity index (χ3v) is 3.53. The summed E-state index contributed by atoms with van der Waals surface area (Å²) < 4.78 is 5.70. The molecule has 23 heavy (non-hydrogen) atoms. The molecule has 1 saturated carbocycles. The third-order valence-electron chi connectivity index (χ3n) is 3.53. The van der Waals surface area contributed by atoms with Crippen molar-refractivity contribution in [1.82, 2.24) is 10.6 Å². The monoisotopic (exact) mass is 431 g/mol. The smallest absolute Gasteiger partial charge is 0.191 e. The zero-order valence-corrected chi connectivity index (χ0v) is 16.8. The van der Waals surface area contributed by atoms with E-state index in [-0.39, 0.29) is 24.0 Å². The molecular weight excluding hydrogens is 401 g/mol. The number of nitrogens with zero attached hydrogens (tertiary/aromatic N) is 1. The first-order chi connectivity index (χ1) is 10.7. The summed E-state index contributed by atoms with van der Waals surface area (Å²) in [5.74, 6) is 3.24. The maximum atomic E-state index is 5.70. The minimum absolute atomic E-state index is 0. The van der Waals surface area contributed by atoms with Gasteiger partial charge in [0.1, 0.15) is 5.75 Å². The Bertz CT molecular complexity index is 470. The van der Waals surface area contributed by atoms with E-state index in [9.17, 15) is 0 Å². The quantitative estimate of drug-likeness (QED) is 0.374. The summed E-state index contributed by atoms with van der Waals surface area (Å²) in [4.78, 5) is 4.64. The molecule has 2 rings (SSSR count). The highest BCUT2D eigenvalue weighted by Gasteiger charge is 2.20. The van der Waals surface area contributed by atoms with Crippen molar-refractivity contribution < 1.29 is 4.74 Å². The number of aliphatic imine (C=N–C) groups is 1. The summed E-state index contributed by atoms with van der Waals surface area (Å²) in [7, 11) is 0. The summed E-state index contributed by atoms with van der Waals surface area (Å²) in [6, 6.07) is 8.22. The topological polar surface area (TPSA) is 45.7 Å². The van der Waals surface area contributed by atoms with Gasteiger partial charge in [0.05, 0.1) is 13.2 Å². The maximum Gasteiger partial charge on any atom is 0.191 e. The molecule has 0 heterocycles. The number of hydrogen-bond acceptors (Lipinski definition) is 2. The number of benzene rings is 1. The van der Waals surface area contributed by atoms with Crippen molar-refractivity contribution in [3.05, 3.63) is 29.8 Å². The number of nitrogens with one attached hydrogen (secondary N) is 2. The molecule has 4 nitrogen and oxygen atoms in total. The summed E-state index contributed by atoms with van der Waals surface area (Å²) >= 11 is 0. The molecule has 1 aromatic rings. The van der Waals surface area contributed by atoms with Gasteiger partial charge in [-0.3, -0.25) is 0 Å². The molecule has 1 aliphatic carbocycles. The van der Waals surface area contributed by atoms with Crippen molar-refractivity contribution in [2.45, 2.75) is 40.2 Å². The van der Waals surface area contributed by atoms with Crippen LogP contribution in [0.25, 0.3) is 0 Å². The molecule has 1 aliphatic rings. The highest BCUT2D eigenvalue weighted by atomic mass is 127. The van der Waals surface area contributed by atoms with Gasteiger partial charge in [-0.15, -0.1) is 24.0 Å². The van der Waals surface area contributed by atoms with Gasteiger partial charge in [-0.1, -0.05) is 26.0 Å². The van der Waals surface area contributed by atoms with Gasteiger partial charge in [0.15, 0.2) is 5.96 Å². The molecule has 130 valence electrons. The number of rotatable bonds is 8. The molecule has 0 aromatic heterocycles. The Kier molecular flexibility index (Phi) is 9.36. The molecule has 0 spiro atoms. The Balaban J connectivity index is 0.00000264. The molecule has 0 amide bonds. The van der Waals surface area contributed by atoms with Crippen LogP contribution in [0.2, 0.25) is 0 Å². The van der Waals surface area contributed by atoms with Crippen molar-refractivity contribution in [2.75, 3.05) is 19.7 Å². The Morgan fingerprint density at radius 1 is 1.22 bits per heavy atom. The number of guanidine groups is 1. The van der Waals surface area contributed by atoms with E-state index < -0.39 is 0 Å². The fourth-order valence-corrected chi connectivity index (χ4v) is 2.03. The zero-order valence-electron chi connectivity index (χ0n) is 14.5. The van der Waals surface area contributed by atoms with Crippen LogP contribution >= 0.6 is 24.0 Å². The summed E-state index contributed by atoms with van der Waals surface area (Å²) in [5.41, 5.74) is 1.19. The van der Waals surface area contributed by atoms with Crippen LogP contribution in [0.4, 0.5) is 0 Å². The fourth-order valence-electron chi connectivity index (χ4n) is 2.03. The highest BCUT2D eigenvalue weighted by Crippen LogP contribution is 2.27. The van der Waals surface area contributed by atoms with Crippen molar-refractivity contribution >= 4 is 29.9 Å². The van der Waals surface area contributed by atoms with Gasteiger partial charge in [0.25, 0.3) is 0 Å². The average Bonchev–Trinajstić information content (AvgIpc) is 3.33. The first-order valence-electron chi connectivity index (χ1n) is 8.41. The highest BCUT2D eigenvalue weighted by molar-refractivity contribution is 14.0. The van der Waals surface area contributed by atoms with Crippen molar-refractivity contribution in [1.29, 1.82) is 0 Å². The first kappa shape index (κ1) is 20.1. The lowest BCUT2D eigenvalue weighted by Crippen LogP contribution is -2.38. The van der Waals surface area contributed by atoms with Crippen LogP contribution in [-0.2, 0) is 6.54 Å². The SMILES string of the molecule is CCNC(=NCc1ccc(OCC(C)C)cc1)NCC1CC1.I. The summed E-state index contributed by atoms with van der Waals surface area (Å²) in [6.45, 7) is 9.76. The van der Waals surface area contributed by atoms with Gasteiger partial charge in [-0.05, 0) is 49.3 Å². The predicted molar refractivity (Wildman–Crippen MR) is 108 cm³/mol. The van der Waals surface area contributed by atoms with E-state index >= 15 is 0 Å². The first-order valence-corrected chi connectivity index (χ1v) is 8.41. The number of halogens is 1. The van der Waals surface area contributed by atoms with Crippen LogP contribution in [-0.4, -0.2) is 25.7 Å². The molecule has 0 saturated heterocycles. The van der Waals surface area contributed by atoms with E-state index in [0.717, 1.165) is 37.3 Å². The number of hydrogen-bond donors (Lipinski definition) is 2. The summed E-state index contributed by atoms with van der Waals surface area (Å²) in [6.07, 6.45) is 2.70. The van der Waals surface area contributed by atoms with Crippen LogP contribution in [0.5, 0.6) is 5.75 Å².